The van der Waals surface area contributed by atoms with Crippen LogP contribution < -0.4 is 9.47 Å². The average molecular weight is 366 g/mol. The Morgan fingerprint density at radius 3 is 2.76 bits per heavy atom. The van der Waals surface area contributed by atoms with Crippen molar-refractivity contribution >= 4 is 39.3 Å². The van der Waals surface area contributed by atoms with E-state index in [-0.39, 0.29) is 0 Å². The molecule has 21 heavy (non-hydrogen) atoms. The minimum absolute atomic E-state index is 0.544. The lowest BCUT2D eigenvalue weighted by molar-refractivity contribution is 0.401. The smallest absolute Gasteiger partial charge is 0.184 e. The molecule has 0 aliphatic heterocycles. The zero-order valence-electron chi connectivity index (χ0n) is 11.4. The lowest BCUT2D eigenvalue weighted by Crippen LogP contribution is -2.00. The molecule has 0 aliphatic carbocycles. The zero-order valence-corrected chi connectivity index (χ0v) is 13.8. The van der Waals surface area contributed by atoms with Crippen LogP contribution in [0.1, 0.15) is 0 Å². The summed E-state index contributed by atoms with van der Waals surface area (Å²) in [5.74, 6) is 1.41. The lowest BCUT2D eigenvalue weighted by atomic mass is 10.2. The number of methoxy groups -OCH3 is 2. The molecule has 0 radical (unpaired) electrons. The monoisotopic (exact) mass is 365 g/mol. The summed E-state index contributed by atoms with van der Waals surface area (Å²) >= 11 is 8.82. The fraction of sp³-hybridized carbons (Fsp3) is 0.143. The third-order valence-electron chi connectivity index (χ3n) is 3.12. The van der Waals surface area contributed by atoms with Gasteiger partial charge in [0.1, 0.15) is 11.5 Å². The number of imidazole rings is 1. The van der Waals surface area contributed by atoms with Gasteiger partial charge in [-0.2, -0.15) is 0 Å². The van der Waals surface area contributed by atoms with Crippen LogP contribution in [0.4, 0.5) is 0 Å². The third-order valence-corrected chi connectivity index (χ3v) is 3.84. The minimum atomic E-state index is 0.544. The van der Waals surface area contributed by atoms with Crippen molar-refractivity contribution in [3.8, 4) is 17.2 Å². The van der Waals surface area contributed by atoms with Gasteiger partial charge in [0.15, 0.2) is 10.4 Å². The largest absolute Gasteiger partial charge is 0.497 e. The number of nitrogens with one attached hydrogen (secondary N) is 1. The fourth-order valence-corrected chi connectivity index (χ4v) is 2.79. The molecule has 0 saturated carbocycles. The first-order valence-corrected chi connectivity index (χ1v) is 7.33. The van der Waals surface area contributed by atoms with Crippen LogP contribution in [0.3, 0.4) is 0 Å². The van der Waals surface area contributed by atoms with Crippen LogP contribution in [0, 0.1) is 4.77 Å². The highest BCUT2D eigenvalue weighted by Gasteiger charge is 2.13. The summed E-state index contributed by atoms with van der Waals surface area (Å²) in [4.78, 5) is 7.57. The van der Waals surface area contributed by atoms with Gasteiger partial charge in [0.25, 0.3) is 0 Å². The van der Waals surface area contributed by atoms with Crippen molar-refractivity contribution in [1.82, 2.24) is 14.5 Å². The van der Waals surface area contributed by atoms with E-state index in [9.17, 15) is 0 Å². The normalized spacial score (nSPS) is 10.8. The molecule has 0 fully saturated rings. The van der Waals surface area contributed by atoms with Crippen molar-refractivity contribution in [3.05, 3.63) is 39.7 Å². The maximum absolute atomic E-state index is 5.42. The maximum Gasteiger partial charge on any atom is 0.184 e. The number of nitrogens with zero attached hydrogens (tertiary/aromatic N) is 2. The molecule has 0 amide bonds. The molecule has 2 aromatic heterocycles. The number of aromatic nitrogens is 3. The van der Waals surface area contributed by atoms with E-state index < -0.39 is 0 Å². The molecule has 3 rings (SSSR count). The molecule has 3 aromatic rings. The number of hydrogen-bond donors (Lipinski definition) is 1. The summed E-state index contributed by atoms with van der Waals surface area (Å²) in [6, 6.07) is 7.48. The molecular formula is C14H12BrN3O2S. The van der Waals surface area contributed by atoms with Crippen LogP contribution in [0.15, 0.2) is 34.9 Å². The van der Waals surface area contributed by atoms with E-state index in [1.165, 1.54) is 0 Å². The molecule has 0 spiro atoms. The number of rotatable bonds is 3. The molecule has 2 heterocycles. The van der Waals surface area contributed by atoms with Gasteiger partial charge >= 0.3 is 0 Å². The zero-order chi connectivity index (χ0) is 15.0. The Morgan fingerprint density at radius 1 is 1.24 bits per heavy atom. The summed E-state index contributed by atoms with van der Waals surface area (Å²) < 4.78 is 14.0. The van der Waals surface area contributed by atoms with Crippen LogP contribution >= 0.6 is 28.1 Å². The Labute approximate surface area is 134 Å². The molecule has 0 atom stereocenters. The molecule has 0 unspecified atom stereocenters. The van der Waals surface area contributed by atoms with E-state index in [1.807, 2.05) is 28.8 Å². The van der Waals surface area contributed by atoms with Crippen LogP contribution in [-0.2, 0) is 0 Å². The summed E-state index contributed by atoms with van der Waals surface area (Å²) in [6.07, 6.45) is 1.73. The minimum Gasteiger partial charge on any atom is -0.497 e. The van der Waals surface area contributed by atoms with Crippen LogP contribution in [0.25, 0.3) is 16.9 Å². The highest BCUT2D eigenvalue weighted by atomic mass is 79.9. The number of benzene rings is 1. The van der Waals surface area contributed by atoms with Gasteiger partial charge in [0.05, 0.1) is 25.4 Å². The van der Waals surface area contributed by atoms with Crippen molar-refractivity contribution in [3.63, 3.8) is 0 Å². The first-order valence-electron chi connectivity index (χ1n) is 6.12. The summed E-state index contributed by atoms with van der Waals surface area (Å²) in [5, 5.41) is 0. The van der Waals surface area contributed by atoms with Gasteiger partial charge in [0.2, 0.25) is 0 Å². The van der Waals surface area contributed by atoms with Crippen molar-refractivity contribution in [2.45, 2.75) is 0 Å². The molecule has 7 heteroatoms. The molecule has 1 aromatic carbocycles. The number of pyridine rings is 1. The second-order valence-corrected chi connectivity index (χ2v) is 5.63. The molecule has 0 aliphatic rings. The Kier molecular flexibility index (Phi) is 3.69. The van der Waals surface area contributed by atoms with Gasteiger partial charge in [-0.25, -0.2) is 4.98 Å². The average Bonchev–Trinajstić information content (AvgIpc) is 2.81. The van der Waals surface area contributed by atoms with Crippen molar-refractivity contribution in [2.24, 2.45) is 0 Å². The van der Waals surface area contributed by atoms with E-state index in [2.05, 4.69) is 25.9 Å². The predicted octanol–water partition coefficient (Wildman–Crippen LogP) is 3.86. The van der Waals surface area contributed by atoms with E-state index in [0.29, 0.717) is 10.5 Å². The standard InChI is InChI=1S/C14H12BrN3O2S/c1-19-9-3-4-12(20-2)11(6-9)18-13-10(17-14(18)21)5-8(15)7-16-13/h3-7H,1-2H3,(H,17,21). The van der Waals surface area contributed by atoms with Gasteiger partial charge in [-0.15, -0.1) is 0 Å². The van der Waals surface area contributed by atoms with Gasteiger partial charge in [-0.3, -0.25) is 4.57 Å². The van der Waals surface area contributed by atoms with Crippen molar-refractivity contribution < 1.29 is 9.47 Å². The topological polar surface area (TPSA) is 52.1 Å². The van der Waals surface area contributed by atoms with Crippen molar-refractivity contribution in [2.75, 3.05) is 14.2 Å². The number of aromatic amines is 1. The molecule has 0 saturated heterocycles. The summed E-state index contributed by atoms with van der Waals surface area (Å²) in [5.41, 5.74) is 2.36. The van der Waals surface area contributed by atoms with E-state index in [4.69, 9.17) is 21.7 Å². The Balaban J connectivity index is 2.34. The van der Waals surface area contributed by atoms with E-state index in [0.717, 1.165) is 27.1 Å². The second-order valence-electron chi connectivity index (χ2n) is 4.33. The predicted molar refractivity (Wildman–Crippen MR) is 87.1 cm³/mol. The maximum atomic E-state index is 5.42. The number of ether oxygens (including phenoxy) is 2. The van der Waals surface area contributed by atoms with Gasteiger partial charge in [0, 0.05) is 16.7 Å². The Morgan fingerprint density at radius 2 is 2.05 bits per heavy atom. The van der Waals surface area contributed by atoms with Crippen LogP contribution in [0.5, 0.6) is 11.5 Å². The first kappa shape index (κ1) is 14.1. The molecule has 0 bridgehead atoms. The number of H-pyrrole nitrogens is 1. The summed E-state index contributed by atoms with van der Waals surface area (Å²) in [7, 11) is 3.24. The van der Waals surface area contributed by atoms with Gasteiger partial charge < -0.3 is 14.5 Å². The molecule has 1 N–H and O–H groups in total. The molecule has 5 nitrogen and oxygen atoms in total. The Hall–Kier alpha value is -1.86. The van der Waals surface area contributed by atoms with Gasteiger partial charge in [-0.1, -0.05) is 0 Å². The van der Waals surface area contributed by atoms with Crippen LogP contribution in [0.2, 0.25) is 0 Å². The van der Waals surface area contributed by atoms with Gasteiger partial charge in [-0.05, 0) is 46.3 Å². The number of hydrogen-bond acceptors (Lipinski definition) is 4. The van der Waals surface area contributed by atoms with Crippen molar-refractivity contribution in [1.29, 1.82) is 0 Å². The SMILES string of the molecule is COc1ccc(OC)c(-n2c(=S)[nH]c3cc(Br)cnc32)c1. The highest BCUT2D eigenvalue weighted by Crippen LogP contribution is 2.30. The molecule has 108 valence electrons. The van der Waals surface area contributed by atoms with Crippen LogP contribution in [-0.4, -0.2) is 28.8 Å². The molecular weight excluding hydrogens is 354 g/mol. The number of halogens is 1. The fourth-order valence-electron chi connectivity index (χ4n) is 2.16. The highest BCUT2D eigenvalue weighted by molar-refractivity contribution is 9.10. The first-order chi connectivity index (χ1) is 10.1. The second kappa shape index (κ2) is 5.50. The lowest BCUT2D eigenvalue weighted by Gasteiger charge is -2.11. The van der Waals surface area contributed by atoms with E-state index >= 15 is 0 Å². The third kappa shape index (κ3) is 2.43. The number of fused-ring (bicyclic) bond motifs is 1. The quantitative estimate of drug-likeness (QED) is 0.716. The summed E-state index contributed by atoms with van der Waals surface area (Å²) in [6.45, 7) is 0. The van der Waals surface area contributed by atoms with E-state index in [1.54, 1.807) is 20.4 Å². The Bertz CT molecular complexity index is 872.